The molecule has 1 N–H and O–H groups in total. The number of Topliss-reactive ketones (excluding diaryl/α,β-unsaturated/α-hetero) is 1. The first-order valence-electron chi connectivity index (χ1n) is 6.39. The first-order valence-corrected chi connectivity index (χ1v) is 6.39. The van der Waals surface area contributed by atoms with Crippen molar-refractivity contribution in [3.63, 3.8) is 0 Å². The molecule has 4 nitrogen and oxygen atoms in total. The van der Waals surface area contributed by atoms with Gasteiger partial charge in [-0.2, -0.15) is 0 Å². The summed E-state index contributed by atoms with van der Waals surface area (Å²) in [7, 11) is 0. The summed E-state index contributed by atoms with van der Waals surface area (Å²) >= 11 is 0. The summed E-state index contributed by atoms with van der Waals surface area (Å²) in [5, 5.41) is 2.77. The molecule has 0 aliphatic rings. The van der Waals surface area contributed by atoms with Gasteiger partial charge in [0.05, 0.1) is 5.56 Å². The lowest BCUT2D eigenvalue weighted by atomic mass is 10.1. The average molecular weight is 281 g/mol. The van der Waals surface area contributed by atoms with Gasteiger partial charge in [0.2, 0.25) is 0 Å². The van der Waals surface area contributed by atoms with Crippen molar-refractivity contribution in [2.75, 3.05) is 0 Å². The fraction of sp³-hybridized carbons (Fsp3) is 0.467. The smallest absolute Gasteiger partial charge is 0.261 e. The van der Waals surface area contributed by atoms with Crippen LogP contribution in [0.4, 0.5) is 4.39 Å². The highest BCUT2D eigenvalue weighted by Gasteiger charge is 2.21. The lowest BCUT2D eigenvalue weighted by molar-refractivity contribution is -0.128. The van der Waals surface area contributed by atoms with Crippen LogP contribution in [0, 0.1) is 5.82 Å². The second-order valence-corrected chi connectivity index (χ2v) is 5.70. The van der Waals surface area contributed by atoms with Crippen LogP contribution < -0.4 is 10.1 Å². The molecule has 1 aromatic carbocycles. The van der Waals surface area contributed by atoms with Crippen LogP contribution in [0.15, 0.2) is 18.2 Å². The van der Waals surface area contributed by atoms with Crippen LogP contribution in [0.3, 0.4) is 0 Å². The third kappa shape index (κ3) is 4.64. The molecule has 1 rings (SSSR count). The Labute approximate surface area is 118 Å². The predicted molar refractivity (Wildman–Crippen MR) is 74.4 cm³/mol. The van der Waals surface area contributed by atoms with Crippen LogP contribution in [-0.2, 0) is 4.79 Å². The Bertz CT molecular complexity index is 520. The molecule has 110 valence electrons. The Morgan fingerprint density at radius 1 is 1.30 bits per heavy atom. The van der Waals surface area contributed by atoms with Crippen molar-refractivity contribution in [2.45, 2.75) is 46.3 Å². The van der Waals surface area contributed by atoms with Gasteiger partial charge >= 0.3 is 0 Å². The highest BCUT2D eigenvalue weighted by molar-refractivity contribution is 5.94. The molecule has 0 fully saturated rings. The maximum Gasteiger partial charge on any atom is 0.261 e. The molecule has 0 aromatic heterocycles. The second kappa shape index (κ2) is 6.03. The van der Waals surface area contributed by atoms with Gasteiger partial charge in [-0.05, 0) is 46.8 Å². The first kappa shape index (κ1) is 16.1. The number of hydrogen-bond donors (Lipinski definition) is 1. The molecule has 1 unspecified atom stereocenters. The lowest BCUT2D eigenvalue weighted by Gasteiger charge is -2.23. The average Bonchev–Trinajstić information content (AvgIpc) is 2.26. The van der Waals surface area contributed by atoms with Gasteiger partial charge in [-0.15, -0.1) is 0 Å². The van der Waals surface area contributed by atoms with Gasteiger partial charge in [0.1, 0.15) is 11.6 Å². The van der Waals surface area contributed by atoms with Gasteiger partial charge in [0, 0.05) is 11.6 Å². The highest BCUT2D eigenvalue weighted by Crippen LogP contribution is 2.18. The molecule has 0 aliphatic carbocycles. The van der Waals surface area contributed by atoms with Crippen molar-refractivity contribution in [3.8, 4) is 5.75 Å². The van der Waals surface area contributed by atoms with E-state index in [0.29, 0.717) is 0 Å². The molecule has 0 radical (unpaired) electrons. The van der Waals surface area contributed by atoms with E-state index in [1.165, 1.54) is 19.1 Å². The number of rotatable bonds is 4. The largest absolute Gasteiger partial charge is 0.481 e. The molecular formula is C15H20FNO3. The van der Waals surface area contributed by atoms with Gasteiger partial charge in [-0.3, -0.25) is 9.59 Å². The van der Waals surface area contributed by atoms with Gasteiger partial charge in [-0.25, -0.2) is 4.39 Å². The molecule has 1 aromatic rings. The molecule has 0 bridgehead atoms. The molecule has 20 heavy (non-hydrogen) atoms. The summed E-state index contributed by atoms with van der Waals surface area (Å²) in [6.45, 7) is 8.45. The number of carbonyl (C=O) groups is 2. The minimum absolute atomic E-state index is 0.00384. The number of halogens is 1. The van der Waals surface area contributed by atoms with Crippen LogP contribution in [-0.4, -0.2) is 23.3 Å². The zero-order chi connectivity index (χ0) is 15.5. The fourth-order valence-electron chi connectivity index (χ4n) is 1.58. The number of hydrogen-bond acceptors (Lipinski definition) is 3. The van der Waals surface area contributed by atoms with Gasteiger partial charge in [-0.1, -0.05) is 0 Å². The van der Waals surface area contributed by atoms with E-state index in [-0.39, 0.29) is 28.5 Å². The first-order chi connectivity index (χ1) is 9.10. The summed E-state index contributed by atoms with van der Waals surface area (Å²) in [5.41, 5.74) is -0.359. The van der Waals surface area contributed by atoms with Crippen molar-refractivity contribution < 1.29 is 18.7 Å². The van der Waals surface area contributed by atoms with Crippen molar-refractivity contribution in [2.24, 2.45) is 0 Å². The predicted octanol–water partition coefficient (Wildman–Crippen LogP) is 2.71. The van der Waals surface area contributed by atoms with Crippen molar-refractivity contribution in [1.29, 1.82) is 0 Å². The molecule has 0 saturated carbocycles. The molecule has 5 heteroatoms. The standard InChI is InChI=1S/C15H20FNO3/c1-9(18)12-7-6-11(8-13(12)16)20-10(2)14(19)17-15(3,4)5/h6-8,10H,1-5H3,(H,17,19). The summed E-state index contributed by atoms with van der Waals surface area (Å²) in [5.74, 6) is -1.08. The van der Waals surface area contributed by atoms with E-state index < -0.39 is 11.9 Å². The third-order valence-corrected chi connectivity index (χ3v) is 2.50. The normalized spacial score (nSPS) is 12.7. The monoisotopic (exact) mass is 281 g/mol. The van der Waals surface area contributed by atoms with Gasteiger partial charge < -0.3 is 10.1 Å². The fourth-order valence-corrected chi connectivity index (χ4v) is 1.58. The zero-order valence-electron chi connectivity index (χ0n) is 12.4. The van der Waals surface area contributed by atoms with E-state index in [4.69, 9.17) is 4.74 Å². The van der Waals surface area contributed by atoms with E-state index in [1.807, 2.05) is 20.8 Å². The minimum atomic E-state index is -0.753. The van der Waals surface area contributed by atoms with Gasteiger partial charge in [0.25, 0.3) is 5.91 Å². The summed E-state index contributed by atoms with van der Waals surface area (Å²) in [4.78, 5) is 23.0. The molecule has 0 aliphatic heterocycles. The Morgan fingerprint density at radius 2 is 1.90 bits per heavy atom. The van der Waals surface area contributed by atoms with Crippen molar-refractivity contribution in [1.82, 2.24) is 5.32 Å². The topological polar surface area (TPSA) is 55.4 Å². The Hall–Kier alpha value is -1.91. The van der Waals surface area contributed by atoms with E-state index in [2.05, 4.69) is 5.32 Å². The highest BCUT2D eigenvalue weighted by atomic mass is 19.1. The third-order valence-electron chi connectivity index (χ3n) is 2.50. The van der Waals surface area contributed by atoms with E-state index in [0.717, 1.165) is 6.07 Å². The van der Waals surface area contributed by atoms with Crippen LogP contribution in [0.25, 0.3) is 0 Å². The number of nitrogens with one attached hydrogen (secondary N) is 1. The van der Waals surface area contributed by atoms with Crippen molar-refractivity contribution in [3.05, 3.63) is 29.6 Å². The van der Waals surface area contributed by atoms with Crippen LogP contribution in [0.2, 0.25) is 0 Å². The van der Waals surface area contributed by atoms with E-state index >= 15 is 0 Å². The molecule has 0 saturated heterocycles. The number of amides is 1. The van der Waals surface area contributed by atoms with E-state index in [1.54, 1.807) is 6.92 Å². The lowest BCUT2D eigenvalue weighted by Crippen LogP contribution is -2.46. The molecular weight excluding hydrogens is 261 g/mol. The molecule has 0 heterocycles. The zero-order valence-corrected chi connectivity index (χ0v) is 12.4. The summed E-state index contributed by atoms with van der Waals surface area (Å²) < 4.78 is 19.0. The number of ether oxygens (including phenoxy) is 1. The van der Waals surface area contributed by atoms with Crippen LogP contribution in [0.1, 0.15) is 45.0 Å². The second-order valence-electron chi connectivity index (χ2n) is 5.70. The van der Waals surface area contributed by atoms with Crippen molar-refractivity contribution >= 4 is 11.7 Å². The van der Waals surface area contributed by atoms with Crippen LogP contribution >= 0.6 is 0 Å². The Morgan fingerprint density at radius 3 is 2.35 bits per heavy atom. The number of benzene rings is 1. The molecule has 0 spiro atoms. The number of carbonyl (C=O) groups excluding carboxylic acids is 2. The maximum atomic E-state index is 13.6. The SMILES string of the molecule is CC(=O)c1ccc(OC(C)C(=O)NC(C)(C)C)cc1F. The van der Waals surface area contributed by atoms with Crippen LogP contribution in [0.5, 0.6) is 5.75 Å². The van der Waals surface area contributed by atoms with E-state index in [9.17, 15) is 14.0 Å². The Kier molecular flexibility index (Phi) is 4.87. The maximum absolute atomic E-state index is 13.6. The molecule has 1 atom stereocenters. The quantitative estimate of drug-likeness (QED) is 0.863. The Balaban J connectivity index is 2.76. The summed E-state index contributed by atoms with van der Waals surface area (Å²) in [6.07, 6.45) is -0.753. The minimum Gasteiger partial charge on any atom is -0.481 e. The molecule has 1 amide bonds. The number of ketones is 1. The van der Waals surface area contributed by atoms with Gasteiger partial charge in [0.15, 0.2) is 11.9 Å². The summed E-state index contributed by atoms with van der Waals surface area (Å²) in [6, 6.07) is 3.93.